The average Bonchev–Trinajstić information content (AvgIpc) is 3.92. The van der Waals surface area contributed by atoms with Crippen molar-refractivity contribution >= 4 is 102 Å². The van der Waals surface area contributed by atoms with E-state index in [2.05, 4.69) is 120 Å². The number of carbonyl (C=O) groups is 4. The van der Waals surface area contributed by atoms with Gasteiger partial charge in [-0.15, -0.1) is 0 Å². The Morgan fingerprint density at radius 1 is 0.568 bits per heavy atom. The van der Waals surface area contributed by atoms with Gasteiger partial charge in [0.2, 0.25) is 0 Å². The number of carbonyl (C=O) groups excluding carboxylic acids is 4. The first-order valence-electron chi connectivity index (χ1n) is 25.3. The van der Waals surface area contributed by atoms with Crippen molar-refractivity contribution in [3.05, 3.63) is 207 Å². The van der Waals surface area contributed by atoms with E-state index in [4.69, 9.17) is 4.74 Å². The van der Waals surface area contributed by atoms with Crippen LogP contribution in [0.25, 0.3) is 55.2 Å². The van der Waals surface area contributed by atoms with E-state index >= 15 is 4.79 Å². The number of amides is 4. The molecule has 9 heteroatoms. The molecule has 0 aliphatic carbocycles. The molecule has 0 spiro atoms. The molecule has 11 rings (SSSR count). The number of imide groups is 2. The van der Waals surface area contributed by atoms with Gasteiger partial charge in [-0.1, -0.05) is 33.8 Å². The fourth-order valence-corrected chi connectivity index (χ4v) is 17.5. The molecule has 7 nitrogen and oxygen atoms in total. The summed E-state index contributed by atoms with van der Waals surface area (Å²) in [7, 11) is -2.71. The Bertz CT molecular complexity index is 3780. The van der Waals surface area contributed by atoms with Gasteiger partial charge >= 0.3 is 377 Å². The van der Waals surface area contributed by atoms with Crippen molar-refractivity contribution in [2.45, 2.75) is 41.5 Å². The summed E-state index contributed by atoms with van der Waals surface area (Å²) in [6, 6.07) is 43.9. The third-order valence-electron chi connectivity index (χ3n) is 14.7. The number of allylic oxidation sites excluding steroid dienone is 6. The number of ether oxygens (including phenoxy) is 1. The van der Waals surface area contributed by atoms with Crippen LogP contribution in [0.15, 0.2) is 174 Å². The zero-order valence-electron chi connectivity index (χ0n) is 42.3. The van der Waals surface area contributed by atoms with Crippen LogP contribution in [0.4, 0.5) is 0 Å². The molecule has 367 valence electrons. The molecule has 1 fully saturated rings. The first kappa shape index (κ1) is 49.1. The van der Waals surface area contributed by atoms with Gasteiger partial charge in [0.05, 0.1) is 0 Å². The van der Waals surface area contributed by atoms with Crippen molar-refractivity contribution in [2.24, 2.45) is 11.8 Å². The normalized spacial score (nSPS) is 16.6. The fraction of sp³-hybridized carbons (Fsp3) is 0.185. The van der Waals surface area contributed by atoms with E-state index in [1.54, 1.807) is 17.9 Å². The third kappa shape index (κ3) is 7.74. The number of rotatable bonds is 12. The Morgan fingerprint density at radius 2 is 1.00 bits per heavy atom. The van der Waals surface area contributed by atoms with Gasteiger partial charge in [-0.3, -0.25) is 14.5 Å². The van der Waals surface area contributed by atoms with Crippen molar-refractivity contribution in [3.8, 4) is 4.37 Å². The maximum atomic E-state index is 15.1. The molecule has 3 aliphatic heterocycles. The van der Waals surface area contributed by atoms with E-state index in [1.165, 1.54) is 25.7 Å². The molecule has 74 heavy (non-hydrogen) atoms. The van der Waals surface area contributed by atoms with Crippen LogP contribution in [0, 0.1) is 16.2 Å². The summed E-state index contributed by atoms with van der Waals surface area (Å²) in [5, 5.41) is 10.8. The molecule has 3 aliphatic rings. The standard InChI is InChI=1S/C65H55N2O5P.Os/c1-8-19-44-33-54-58-52(62(68)66(64(54)70)35-39(3)4)31-29-51-57-45(34-55-59-53(63(69)67(65(55)71)36-40(5)6)30-28-50(61(57)59)56(44)60(51)58)27-26-43(32-46-38-72-37-42(46)9-2)41(7)73(47-20-13-10-14-21-47,48-22-15-11-16-23-48)49-24-17-12-18-25-49;/h8-34,39-40H,35-38H2,1-6H3;/q+1;/b19-8+,27-26+,42-9?,43-41?,46-32?;. The van der Waals surface area contributed by atoms with Gasteiger partial charge < -0.3 is 0 Å². The SMILES string of the molecule is CC=C1COCC1=CC(/C=C/c1cc2c3c(ccc4c5c(/C=C/C)cc6c7c(ccc(c1c34)c75)C(=O)N(CC(C)C)C6=O)C(=O)N(CC(C)C)C2=O)=C([C]#[Os])[P+](c1ccccc1)(c1ccccc1)c1ccccc1. The van der Waals surface area contributed by atoms with Crippen LogP contribution in [-0.4, -0.2) is 59.7 Å². The van der Waals surface area contributed by atoms with Crippen LogP contribution in [0.3, 0.4) is 0 Å². The second kappa shape index (κ2) is 19.6. The summed E-state index contributed by atoms with van der Waals surface area (Å²) in [6.45, 7) is 13.6. The summed E-state index contributed by atoms with van der Waals surface area (Å²) < 4.78 is 10.00. The minimum absolute atomic E-state index is 0.0407. The van der Waals surface area contributed by atoms with E-state index in [1.807, 2.05) is 90.1 Å². The Labute approximate surface area is 442 Å². The first-order chi connectivity index (χ1) is 35.9. The van der Waals surface area contributed by atoms with E-state index in [9.17, 15) is 14.4 Å². The van der Waals surface area contributed by atoms with Crippen molar-refractivity contribution in [1.29, 1.82) is 0 Å². The fourth-order valence-electron chi connectivity index (χ4n) is 11.6. The third-order valence-corrected chi connectivity index (χ3v) is 20.1. The summed E-state index contributed by atoms with van der Waals surface area (Å²) in [5.74, 6) is -1.17. The molecule has 1 saturated heterocycles. The van der Waals surface area contributed by atoms with Crippen molar-refractivity contribution in [3.63, 3.8) is 0 Å². The number of hydrogen-bond donors (Lipinski definition) is 0. The van der Waals surface area contributed by atoms with E-state index in [-0.39, 0.29) is 42.0 Å². The van der Waals surface area contributed by atoms with Crippen molar-refractivity contribution in [2.75, 3.05) is 26.3 Å². The number of hydrogen-bond acceptors (Lipinski definition) is 5. The number of nitrogens with zero attached hydrogens (tertiary/aromatic N) is 2. The van der Waals surface area contributed by atoms with Crippen LogP contribution in [0.1, 0.15) is 94.1 Å². The van der Waals surface area contributed by atoms with Crippen LogP contribution in [0.5, 0.6) is 0 Å². The Morgan fingerprint density at radius 3 is 1.42 bits per heavy atom. The minimum atomic E-state index is -2.71. The molecule has 8 aromatic rings. The molecule has 0 atom stereocenters. The second-order valence-corrected chi connectivity index (χ2v) is 24.2. The van der Waals surface area contributed by atoms with Crippen LogP contribution >= 0.6 is 7.26 Å². The summed E-state index contributed by atoms with van der Waals surface area (Å²) in [5.41, 5.74) is 6.58. The second-order valence-electron chi connectivity index (χ2n) is 20.2. The zero-order chi connectivity index (χ0) is 51.6. The monoisotopic (exact) mass is 1170 g/mol. The van der Waals surface area contributed by atoms with Crippen molar-refractivity contribution in [1.82, 2.24) is 9.80 Å². The average molecular weight is 1170 g/mol. The zero-order valence-corrected chi connectivity index (χ0v) is 45.7. The summed E-state index contributed by atoms with van der Waals surface area (Å²) >= 11 is 1.73. The van der Waals surface area contributed by atoms with Gasteiger partial charge in [0.25, 0.3) is 0 Å². The van der Waals surface area contributed by atoms with E-state index < -0.39 is 7.26 Å². The number of benzene rings is 8. The quantitative estimate of drug-likeness (QED) is 0.0400. The molecule has 4 amide bonds. The molecule has 0 radical (unpaired) electrons. The first-order valence-corrected chi connectivity index (χ1v) is 28.4. The molecule has 0 saturated carbocycles. The number of fused-ring (bicyclic) bond motifs is 2. The molecule has 0 aromatic heterocycles. The summed E-state index contributed by atoms with van der Waals surface area (Å²) in [6.07, 6.45) is 12.7. The van der Waals surface area contributed by atoms with Gasteiger partial charge in [0, 0.05) is 6.54 Å². The van der Waals surface area contributed by atoms with E-state index in [0.29, 0.717) is 52.8 Å². The Balaban J connectivity index is 1.30. The van der Waals surface area contributed by atoms with Crippen LogP contribution < -0.4 is 15.9 Å². The molecule has 0 bridgehead atoms. The van der Waals surface area contributed by atoms with Gasteiger partial charge in [0.15, 0.2) is 0 Å². The van der Waals surface area contributed by atoms with Crippen LogP contribution in [-0.2, 0) is 22.7 Å². The Kier molecular flexibility index (Phi) is 13.0. The summed E-state index contributed by atoms with van der Waals surface area (Å²) in [4.78, 5) is 61.7. The predicted molar refractivity (Wildman–Crippen MR) is 301 cm³/mol. The topological polar surface area (TPSA) is 84.0 Å². The molecule has 0 N–H and O–H groups in total. The predicted octanol–water partition coefficient (Wildman–Crippen LogP) is 12.9. The van der Waals surface area contributed by atoms with Gasteiger partial charge in [0.1, 0.15) is 0 Å². The molecule has 3 heterocycles. The van der Waals surface area contributed by atoms with Crippen LogP contribution in [0.2, 0.25) is 0 Å². The van der Waals surface area contributed by atoms with E-state index in [0.717, 1.165) is 65.5 Å². The van der Waals surface area contributed by atoms with Crippen molar-refractivity contribution < 1.29 is 41.9 Å². The molecule has 8 aromatic carbocycles. The Hall–Kier alpha value is -7.15. The molecule has 0 unspecified atom stereocenters. The van der Waals surface area contributed by atoms with Gasteiger partial charge in [-0.05, 0) is 12.8 Å². The molecular weight excluding hydrogens is 1110 g/mol. The van der Waals surface area contributed by atoms with Gasteiger partial charge in [-0.25, -0.2) is 0 Å². The molecular formula is C65H55N2O5OsP+. The van der Waals surface area contributed by atoms with Gasteiger partial charge in [-0.2, -0.15) is 0 Å². The maximum absolute atomic E-state index is 15.1.